The molecule has 0 saturated carbocycles. The molecular weight excluding hydrogens is 260 g/mol. The number of para-hydroxylation sites is 1. The third-order valence-corrected chi connectivity index (χ3v) is 3.97. The summed E-state index contributed by atoms with van der Waals surface area (Å²) >= 11 is 0. The molecule has 0 aliphatic carbocycles. The molecule has 0 unspecified atom stereocenters. The van der Waals surface area contributed by atoms with Gasteiger partial charge in [0.1, 0.15) is 12.4 Å². The number of ether oxygens (including phenoxy) is 1. The van der Waals surface area contributed by atoms with Gasteiger partial charge in [0.2, 0.25) is 0 Å². The first-order valence-electron chi connectivity index (χ1n) is 7.61. The van der Waals surface area contributed by atoms with Gasteiger partial charge in [0.25, 0.3) is 0 Å². The molecule has 0 fully saturated rings. The lowest BCUT2D eigenvalue weighted by molar-refractivity contribution is 0.322. The second-order valence-corrected chi connectivity index (χ2v) is 5.42. The maximum atomic E-state index is 5.87. The highest BCUT2D eigenvalue weighted by Gasteiger charge is 2.15. The van der Waals surface area contributed by atoms with Crippen molar-refractivity contribution in [1.29, 1.82) is 0 Å². The number of hydrogen-bond acceptors (Lipinski definition) is 3. The van der Waals surface area contributed by atoms with Crippen LogP contribution in [0.5, 0.6) is 5.75 Å². The van der Waals surface area contributed by atoms with Gasteiger partial charge in [-0.1, -0.05) is 30.3 Å². The largest absolute Gasteiger partial charge is 0.492 e. The average molecular weight is 282 g/mol. The molecule has 3 heteroatoms. The van der Waals surface area contributed by atoms with Crippen LogP contribution in [-0.4, -0.2) is 19.7 Å². The molecule has 2 aromatic rings. The van der Waals surface area contributed by atoms with Gasteiger partial charge in [-0.15, -0.1) is 0 Å². The van der Waals surface area contributed by atoms with Crippen LogP contribution in [0.3, 0.4) is 0 Å². The Morgan fingerprint density at radius 2 is 2.00 bits per heavy atom. The Morgan fingerprint density at radius 1 is 1.10 bits per heavy atom. The second-order valence-electron chi connectivity index (χ2n) is 5.42. The fraction of sp³-hybridized carbons (Fsp3) is 0.333. The predicted octanol–water partition coefficient (Wildman–Crippen LogP) is 2.98. The zero-order valence-corrected chi connectivity index (χ0v) is 12.3. The van der Waals surface area contributed by atoms with Crippen molar-refractivity contribution >= 4 is 5.69 Å². The standard InChI is InChI=1S/C18H22N2O/c19-14-15-5-3-8-17(13-15)21-12-11-20-10-4-7-16-6-1-2-9-18(16)20/h1-3,5-6,8-9,13H,4,7,10-12,14,19H2. The van der Waals surface area contributed by atoms with E-state index < -0.39 is 0 Å². The number of fused-ring (bicyclic) bond motifs is 1. The first kappa shape index (κ1) is 14.0. The number of nitrogens with zero attached hydrogens (tertiary/aromatic N) is 1. The van der Waals surface area contributed by atoms with E-state index >= 15 is 0 Å². The summed E-state index contributed by atoms with van der Waals surface area (Å²) in [6.07, 6.45) is 2.41. The maximum Gasteiger partial charge on any atom is 0.119 e. The van der Waals surface area contributed by atoms with Crippen LogP contribution in [0.2, 0.25) is 0 Å². The maximum absolute atomic E-state index is 5.87. The molecule has 3 rings (SSSR count). The summed E-state index contributed by atoms with van der Waals surface area (Å²) in [5.74, 6) is 0.906. The highest BCUT2D eigenvalue weighted by atomic mass is 16.5. The SMILES string of the molecule is NCc1cccc(OCCN2CCCc3ccccc32)c1. The van der Waals surface area contributed by atoms with Crippen molar-refractivity contribution < 1.29 is 4.74 Å². The van der Waals surface area contributed by atoms with Crippen molar-refractivity contribution in [3.63, 3.8) is 0 Å². The Bertz CT molecular complexity index is 597. The number of benzene rings is 2. The van der Waals surface area contributed by atoms with Crippen molar-refractivity contribution in [2.24, 2.45) is 5.73 Å². The Labute approximate surface area is 126 Å². The first-order valence-corrected chi connectivity index (χ1v) is 7.61. The summed E-state index contributed by atoms with van der Waals surface area (Å²) in [7, 11) is 0. The fourth-order valence-electron chi connectivity index (χ4n) is 2.88. The van der Waals surface area contributed by atoms with Crippen LogP contribution in [0.1, 0.15) is 17.5 Å². The zero-order valence-electron chi connectivity index (χ0n) is 12.3. The van der Waals surface area contributed by atoms with Gasteiger partial charge in [0, 0.05) is 18.8 Å². The lowest BCUT2D eigenvalue weighted by Gasteiger charge is -2.31. The number of hydrogen-bond donors (Lipinski definition) is 1. The minimum absolute atomic E-state index is 0.552. The number of nitrogens with two attached hydrogens (primary N) is 1. The minimum atomic E-state index is 0.552. The smallest absolute Gasteiger partial charge is 0.119 e. The average Bonchev–Trinajstić information content (AvgIpc) is 2.55. The van der Waals surface area contributed by atoms with Crippen LogP contribution in [0.15, 0.2) is 48.5 Å². The van der Waals surface area contributed by atoms with Crippen molar-refractivity contribution in [3.05, 3.63) is 59.7 Å². The van der Waals surface area contributed by atoms with E-state index in [4.69, 9.17) is 10.5 Å². The molecule has 0 radical (unpaired) electrons. The quantitative estimate of drug-likeness (QED) is 0.916. The molecule has 0 atom stereocenters. The fourth-order valence-corrected chi connectivity index (χ4v) is 2.88. The van der Waals surface area contributed by atoms with Crippen LogP contribution >= 0.6 is 0 Å². The number of anilines is 1. The highest BCUT2D eigenvalue weighted by Crippen LogP contribution is 2.26. The Balaban J connectivity index is 1.59. The van der Waals surface area contributed by atoms with E-state index in [1.54, 1.807) is 0 Å². The van der Waals surface area contributed by atoms with E-state index in [2.05, 4.69) is 29.2 Å². The molecule has 2 N–H and O–H groups in total. The van der Waals surface area contributed by atoms with Crippen LogP contribution < -0.4 is 15.4 Å². The van der Waals surface area contributed by atoms with Gasteiger partial charge >= 0.3 is 0 Å². The van der Waals surface area contributed by atoms with E-state index in [1.165, 1.54) is 24.1 Å². The van der Waals surface area contributed by atoms with E-state index in [-0.39, 0.29) is 0 Å². The van der Waals surface area contributed by atoms with Gasteiger partial charge in [-0.05, 0) is 42.2 Å². The van der Waals surface area contributed by atoms with Gasteiger partial charge in [-0.3, -0.25) is 0 Å². The van der Waals surface area contributed by atoms with Gasteiger partial charge in [-0.25, -0.2) is 0 Å². The van der Waals surface area contributed by atoms with Crippen LogP contribution in [-0.2, 0) is 13.0 Å². The second kappa shape index (κ2) is 6.64. The Kier molecular flexibility index (Phi) is 4.41. The summed E-state index contributed by atoms with van der Waals surface area (Å²) in [6, 6.07) is 16.7. The molecule has 1 heterocycles. The van der Waals surface area contributed by atoms with Crippen LogP contribution in [0, 0.1) is 0 Å². The predicted molar refractivity (Wildman–Crippen MR) is 86.8 cm³/mol. The highest BCUT2D eigenvalue weighted by molar-refractivity contribution is 5.55. The normalized spacial score (nSPS) is 13.9. The summed E-state index contributed by atoms with van der Waals surface area (Å²) < 4.78 is 5.87. The Hall–Kier alpha value is -2.00. The zero-order chi connectivity index (χ0) is 14.5. The summed E-state index contributed by atoms with van der Waals surface area (Å²) in [5, 5.41) is 0. The van der Waals surface area contributed by atoms with Gasteiger partial charge in [0.15, 0.2) is 0 Å². The minimum Gasteiger partial charge on any atom is -0.492 e. The van der Waals surface area contributed by atoms with E-state index in [0.717, 1.165) is 24.4 Å². The molecule has 1 aliphatic rings. The molecule has 0 bridgehead atoms. The molecule has 0 amide bonds. The summed E-state index contributed by atoms with van der Waals surface area (Å²) in [6.45, 7) is 3.28. The molecule has 0 saturated heterocycles. The molecule has 21 heavy (non-hydrogen) atoms. The van der Waals surface area contributed by atoms with Gasteiger partial charge in [-0.2, -0.15) is 0 Å². The molecule has 0 aromatic heterocycles. The van der Waals surface area contributed by atoms with E-state index in [0.29, 0.717) is 13.2 Å². The summed E-state index contributed by atoms with van der Waals surface area (Å²) in [5.41, 5.74) is 9.58. The monoisotopic (exact) mass is 282 g/mol. The number of rotatable bonds is 5. The van der Waals surface area contributed by atoms with Crippen molar-refractivity contribution in [2.75, 3.05) is 24.6 Å². The van der Waals surface area contributed by atoms with Crippen LogP contribution in [0.4, 0.5) is 5.69 Å². The third-order valence-electron chi connectivity index (χ3n) is 3.97. The molecule has 1 aliphatic heterocycles. The Morgan fingerprint density at radius 3 is 2.90 bits per heavy atom. The lowest BCUT2D eigenvalue weighted by atomic mass is 10.0. The van der Waals surface area contributed by atoms with E-state index in [1.807, 2.05) is 24.3 Å². The topological polar surface area (TPSA) is 38.5 Å². The molecule has 2 aromatic carbocycles. The van der Waals surface area contributed by atoms with Crippen molar-refractivity contribution in [1.82, 2.24) is 0 Å². The third kappa shape index (κ3) is 3.37. The number of aryl methyl sites for hydroxylation is 1. The van der Waals surface area contributed by atoms with Crippen LogP contribution in [0.25, 0.3) is 0 Å². The molecule has 0 spiro atoms. The van der Waals surface area contributed by atoms with Crippen molar-refractivity contribution in [3.8, 4) is 5.75 Å². The lowest BCUT2D eigenvalue weighted by Crippen LogP contribution is -2.33. The summed E-state index contributed by atoms with van der Waals surface area (Å²) in [4.78, 5) is 2.42. The first-order chi connectivity index (χ1) is 10.4. The van der Waals surface area contributed by atoms with E-state index in [9.17, 15) is 0 Å². The van der Waals surface area contributed by atoms with Gasteiger partial charge < -0.3 is 15.4 Å². The van der Waals surface area contributed by atoms with Crippen molar-refractivity contribution in [2.45, 2.75) is 19.4 Å². The van der Waals surface area contributed by atoms with Gasteiger partial charge in [0.05, 0.1) is 6.54 Å². The molecule has 110 valence electrons. The molecule has 3 nitrogen and oxygen atoms in total. The molecular formula is C18H22N2O.